The van der Waals surface area contributed by atoms with Crippen LogP contribution in [0.25, 0.3) is 0 Å². The molecule has 0 unspecified atom stereocenters. The van der Waals surface area contributed by atoms with Gasteiger partial charge in [0.05, 0.1) is 37.6 Å². The van der Waals surface area contributed by atoms with E-state index in [4.69, 9.17) is 28.4 Å². The van der Waals surface area contributed by atoms with Gasteiger partial charge in [0.15, 0.2) is 18.4 Å². The van der Waals surface area contributed by atoms with E-state index in [1.807, 2.05) is 0 Å². The quantitative estimate of drug-likeness (QED) is 0.200. The third kappa shape index (κ3) is 5.74. The van der Waals surface area contributed by atoms with E-state index in [1.165, 1.54) is 6.92 Å². The molecule has 0 aromatic rings. The Balaban J connectivity index is 1.06. The lowest BCUT2D eigenvalue weighted by molar-refractivity contribution is -0.374. The van der Waals surface area contributed by atoms with Crippen molar-refractivity contribution in [3.8, 4) is 0 Å². The molecule has 52 heavy (non-hydrogen) atoms. The molecule has 4 heterocycles. The Morgan fingerprint density at radius 2 is 1.60 bits per heavy atom. The summed E-state index contributed by atoms with van der Waals surface area (Å²) in [6.07, 6.45) is -5.95. The van der Waals surface area contributed by atoms with Gasteiger partial charge in [-0.3, -0.25) is 0 Å². The van der Waals surface area contributed by atoms with Crippen molar-refractivity contribution in [3.05, 3.63) is 11.6 Å². The fourth-order valence-corrected chi connectivity index (χ4v) is 12.6. The summed E-state index contributed by atoms with van der Waals surface area (Å²) in [5.41, 5.74) is 0.762. The molecule has 22 atom stereocenters. The Hall–Kier alpha value is -0.780. The Kier molecular flexibility index (Phi) is 10.0. The lowest BCUT2D eigenvalue weighted by Gasteiger charge is -2.60. The third-order valence-corrected chi connectivity index (χ3v) is 15.6. The molecule has 7 fully saturated rings. The number of ether oxygens (including phenoxy) is 6. The summed E-state index contributed by atoms with van der Waals surface area (Å²) in [5, 5.41) is 74.9. The van der Waals surface area contributed by atoms with Crippen LogP contribution in [0.2, 0.25) is 0 Å². The van der Waals surface area contributed by atoms with E-state index in [0.29, 0.717) is 42.4 Å². The summed E-state index contributed by atoms with van der Waals surface area (Å²) in [6.45, 7) is 11.0. The topological polar surface area (TPSA) is 197 Å². The molecule has 296 valence electrons. The van der Waals surface area contributed by atoms with E-state index in [-0.39, 0.29) is 17.4 Å². The largest absolute Gasteiger partial charge is 0.394 e. The summed E-state index contributed by atoms with van der Waals surface area (Å²) >= 11 is 0. The van der Waals surface area contributed by atoms with E-state index >= 15 is 0 Å². The van der Waals surface area contributed by atoms with Gasteiger partial charge in [-0.05, 0) is 80.5 Å². The van der Waals surface area contributed by atoms with Gasteiger partial charge in [-0.2, -0.15) is 0 Å². The van der Waals surface area contributed by atoms with Crippen molar-refractivity contribution in [2.24, 2.45) is 46.3 Å². The minimum Gasteiger partial charge on any atom is -0.394 e. The van der Waals surface area contributed by atoms with E-state index in [1.54, 1.807) is 0 Å². The van der Waals surface area contributed by atoms with Crippen LogP contribution in [-0.4, -0.2) is 134 Å². The van der Waals surface area contributed by atoms with Gasteiger partial charge < -0.3 is 64.2 Å². The maximum absolute atomic E-state index is 11.3. The molecule has 0 radical (unpaired) electrons. The molecule has 8 aliphatic rings. The van der Waals surface area contributed by atoms with Crippen LogP contribution >= 0.6 is 0 Å². The van der Waals surface area contributed by atoms with Crippen LogP contribution < -0.4 is 0 Å². The lowest BCUT2D eigenvalue weighted by atomic mass is 9.46. The van der Waals surface area contributed by atoms with Crippen LogP contribution in [0.15, 0.2) is 11.6 Å². The standard InChI is InChI=1S/C39H62O13/c1-17-8-11-39(47-16-17)18(2)28-25(52-39)14-24-22-7-6-20-12-21(41)13-27(38(20,5)23(22)9-10-37(24,28)4)50-36-34(32(45)30(43)26(15-40)49-36)51-35-33(46)31(44)29(42)19(3)48-35/h6,17-19,21-36,40-46H,7-16H2,1-5H3/t17-,18-,19-,21+,22-,23-,24-,25-,26-,27+,28-,29-,30-,31+,32+,33-,34+,35-,36+,37-,38-,39+/m0/s1. The van der Waals surface area contributed by atoms with Gasteiger partial charge in [0.1, 0.15) is 42.7 Å². The third-order valence-electron chi connectivity index (χ3n) is 15.6. The Bertz CT molecular complexity index is 1340. The number of allylic oxidation sites excluding steroid dienone is 1. The second-order valence-electron chi connectivity index (χ2n) is 18.3. The molecule has 4 saturated heterocycles. The van der Waals surface area contributed by atoms with Crippen LogP contribution in [-0.2, 0) is 28.4 Å². The van der Waals surface area contributed by atoms with Crippen molar-refractivity contribution < 1.29 is 64.2 Å². The molecule has 3 saturated carbocycles. The predicted molar refractivity (Wildman–Crippen MR) is 183 cm³/mol. The highest BCUT2D eigenvalue weighted by molar-refractivity contribution is 5.29. The highest BCUT2D eigenvalue weighted by atomic mass is 16.8. The first-order valence-electron chi connectivity index (χ1n) is 19.9. The Labute approximate surface area is 306 Å². The van der Waals surface area contributed by atoms with Gasteiger partial charge in [0, 0.05) is 24.2 Å². The molecule has 13 heteroatoms. The van der Waals surface area contributed by atoms with Gasteiger partial charge in [-0.25, -0.2) is 0 Å². The average molecular weight is 739 g/mol. The number of aliphatic hydroxyl groups is 7. The molecular formula is C39H62O13. The van der Waals surface area contributed by atoms with E-state index in [2.05, 4.69) is 33.8 Å². The molecule has 0 bridgehead atoms. The summed E-state index contributed by atoms with van der Waals surface area (Å²) in [6, 6.07) is 0. The number of aliphatic hydroxyl groups excluding tert-OH is 7. The van der Waals surface area contributed by atoms with Crippen LogP contribution in [0.1, 0.15) is 86.0 Å². The molecule has 0 amide bonds. The summed E-state index contributed by atoms with van der Waals surface area (Å²) in [5.74, 6) is 1.86. The van der Waals surface area contributed by atoms with Crippen LogP contribution in [0.5, 0.6) is 0 Å². The van der Waals surface area contributed by atoms with Gasteiger partial charge in [0.2, 0.25) is 0 Å². The van der Waals surface area contributed by atoms with Crippen molar-refractivity contribution in [2.45, 2.75) is 171 Å². The van der Waals surface area contributed by atoms with E-state index < -0.39 is 91.4 Å². The molecule has 13 nitrogen and oxygen atoms in total. The first-order valence-corrected chi connectivity index (χ1v) is 19.9. The Morgan fingerprint density at radius 1 is 0.827 bits per heavy atom. The molecular weight excluding hydrogens is 676 g/mol. The first kappa shape index (κ1) is 38.1. The molecule has 4 aliphatic carbocycles. The highest BCUT2D eigenvalue weighted by Gasteiger charge is 2.69. The monoisotopic (exact) mass is 738 g/mol. The molecule has 4 aliphatic heterocycles. The maximum Gasteiger partial charge on any atom is 0.187 e. The van der Waals surface area contributed by atoms with E-state index in [0.717, 1.165) is 50.7 Å². The SMILES string of the molecule is C[C@H]1CC[C@@]2(OC1)O[C@H]1C[C@H]3[C@H]4CC=C5C[C@@H](O)C[C@@H](O[C@H]6O[C@@H](CO)[C@H](O)[C@@H](O)[C@H]6O[C@@H]6O[C@@H](C)[C@H](O)[C@@H](O)[C@@H]6O)[C@]5(C)[C@H]4CC[C@]3(C)[C@H]1[C@@H]2C. The fourth-order valence-electron chi connectivity index (χ4n) is 12.6. The summed E-state index contributed by atoms with van der Waals surface area (Å²) < 4.78 is 38.2. The minimum absolute atomic E-state index is 0.101. The van der Waals surface area contributed by atoms with Gasteiger partial charge in [-0.1, -0.05) is 39.3 Å². The number of rotatable bonds is 5. The molecule has 8 rings (SSSR count). The van der Waals surface area contributed by atoms with Crippen molar-refractivity contribution in [1.82, 2.24) is 0 Å². The first-order chi connectivity index (χ1) is 24.6. The smallest absolute Gasteiger partial charge is 0.187 e. The van der Waals surface area contributed by atoms with Crippen molar-refractivity contribution in [3.63, 3.8) is 0 Å². The molecule has 0 aromatic carbocycles. The normalized spacial score (nSPS) is 58.9. The predicted octanol–water partition coefficient (Wildman–Crippen LogP) is 1.36. The fraction of sp³-hybridized carbons (Fsp3) is 0.949. The summed E-state index contributed by atoms with van der Waals surface area (Å²) in [4.78, 5) is 0. The lowest BCUT2D eigenvalue weighted by Crippen LogP contribution is -2.65. The molecule has 1 spiro atoms. The van der Waals surface area contributed by atoms with Crippen LogP contribution in [0, 0.1) is 46.3 Å². The highest BCUT2D eigenvalue weighted by Crippen LogP contribution is 2.71. The van der Waals surface area contributed by atoms with Gasteiger partial charge >= 0.3 is 0 Å². The average Bonchev–Trinajstić information content (AvgIpc) is 3.56. The van der Waals surface area contributed by atoms with Gasteiger partial charge in [-0.15, -0.1) is 0 Å². The van der Waals surface area contributed by atoms with Crippen LogP contribution in [0.3, 0.4) is 0 Å². The van der Waals surface area contributed by atoms with Crippen LogP contribution in [0.4, 0.5) is 0 Å². The second kappa shape index (κ2) is 13.7. The minimum atomic E-state index is -1.66. The van der Waals surface area contributed by atoms with E-state index in [9.17, 15) is 35.7 Å². The summed E-state index contributed by atoms with van der Waals surface area (Å²) in [7, 11) is 0. The number of hydrogen-bond donors (Lipinski definition) is 7. The zero-order valence-electron chi connectivity index (χ0n) is 31.2. The van der Waals surface area contributed by atoms with Crippen molar-refractivity contribution in [1.29, 1.82) is 0 Å². The Morgan fingerprint density at radius 3 is 2.31 bits per heavy atom. The van der Waals surface area contributed by atoms with Gasteiger partial charge in [0.25, 0.3) is 0 Å². The maximum atomic E-state index is 11.3. The van der Waals surface area contributed by atoms with Crippen molar-refractivity contribution >= 4 is 0 Å². The number of fused-ring (bicyclic) bond motifs is 7. The van der Waals surface area contributed by atoms with Crippen molar-refractivity contribution in [2.75, 3.05) is 13.2 Å². The molecule has 0 aromatic heterocycles. The molecule has 7 N–H and O–H groups in total. The second-order valence-corrected chi connectivity index (χ2v) is 18.3. The number of hydrogen-bond acceptors (Lipinski definition) is 13. The zero-order chi connectivity index (χ0) is 37.1. The zero-order valence-corrected chi connectivity index (χ0v) is 31.2.